The predicted octanol–water partition coefficient (Wildman–Crippen LogP) is 2.62. The number of hydrogen-bond acceptors (Lipinski definition) is 4. The van der Waals surface area contributed by atoms with Crippen molar-refractivity contribution in [3.63, 3.8) is 0 Å². The van der Waals surface area contributed by atoms with Crippen LogP contribution in [0.3, 0.4) is 0 Å². The summed E-state index contributed by atoms with van der Waals surface area (Å²) in [6, 6.07) is 2.36. The second-order valence-electron chi connectivity index (χ2n) is 5.06. The molecule has 3 nitrogen and oxygen atoms in total. The molecule has 1 aromatic rings. The zero-order valence-corrected chi connectivity index (χ0v) is 11.8. The van der Waals surface area contributed by atoms with Crippen LogP contribution in [0, 0.1) is 18.8 Å². The van der Waals surface area contributed by atoms with E-state index in [4.69, 9.17) is 10.6 Å². The van der Waals surface area contributed by atoms with Crippen LogP contribution in [0.5, 0.6) is 0 Å². The van der Waals surface area contributed by atoms with Gasteiger partial charge in [-0.05, 0) is 43.7 Å². The molecular formula is C13H22N2OS. The lowest BCUT2D eigenvalue weighted by Gasteiger charge is -2.28. The van der Waals surface area contributed by atoms with Crippen molar-refractivity contribution in [2.45, 2.75) is 45.9 Å². The Morgan fingerprint density at radius 2 is 2.06 bits per heavy atom. The summed E-state index contributed by atoms with van der Waals surface area (Å²) in [4.78, 5) is 1.34. The first-order valence-corrected chi connectivity index (χ1v) is 7.09. The minimum Gasteiger partial charge on any atom is -0.375 e. The molecule has 96 valence electrons. The van der Waals surface area contributed by atoms with Crippen LogP contribution >= 0.6 is 11.3 Å². The summed E-state index contributed by atoms with van der Waals surface area (Å²) in [5.41, 5.74) is 4.31. The quantitative estimate of drug-likeness (QED) is 0.644. The molecule has 2 rings (SSSR count). The van der Waals surface area contributed by atoms with Crippen molar-refractivity contribution in [3.05, 3.63) is 21.9 Å². The van der Waals surface area contributed by atoms with Gasteiger partial charge in [-0.2, -0.15) is 0 Å². The number of thiophene rings is 1. The van der Waals surface area contributed by atoms with Crippen LogP contribution in [0.15, 0.2) is 11.4 Å². The Morgan fingerprint density at radius 1 is 1.35 bits per heavy atom. The van der Waals surface area contributed by atoms with Gasteiger partial charge in [-0.3, -0.25) is 11.3 Å². The Kier molecular flexibility index (Phi) is 3.88. The van der Waals surface area contributed by atoms with Crippen LogP contribution in [0.25, 0.3) is 0 Å². The van der Waals surface area contributed by atoms with E-state index in [9.17, 15) is 0 Å². The van der Waals surface area contributed by atoms with Gasteiger partial charge in [-0.15, -0.1) is 11.3 Å². The Hall–Kier alpha value is -0.420. The van der Waals surface area contributed by atoms with E-state index in [2.05, 4.69) is 44.6 Å². The van der Waals surface area contributed by atoms with Crippen molar-refractivity contribution in [2.24, 2.45) is 17.7 Å². The zero-order chi connectivity index (χ0) is 12.6. The molecule has 17 heavy (non-hydrogen) atoms. The van der Waals surface area contributed by atoms with E-state index in [0.717, 1.165) is 0 Å². The van der Waals surface area contributed by atoms with E-state index in [1.54, 1.807) is 11.3 Å². The highest BCUT2D eigenvalue weighted by Crippen LogP contribution is 2.41. The molecule has 1 fully saturated rings. The molecule has 3 N–H and O–H groups in total. The number of nitrogens with one attached hydrogen (secondary N) is 1. The third kappa shape index (κ3) is 2.27. The summed E-state index contributed by atoms with van der Waals surface area (Å²) < 4.78 is 5.91. The summed E-state index contributed by atoms with van der Waals surface area (Å²) in [7, 11) is 0. The van der Waals surface area contributed by atoms with Crippen LogP contribution in [0.4, 0.5) is 0 Å². The SMILES string of the molecule is Cc1sccc1C(NN)C1C(C)OC(C)C1C. The average molecular weight is 254 g/mol. The molecule has 0 aliphatic carbocycles. The summed E-state index contributed by atoms with van der Waals surface area (Å²) >= 11 is 1.77. The van der Waals surface area contributed by atoms with Crippen molar-refractivity contribution in [1.82, 2.24) is 5.43 Å². The van der Waals surface area contributed by atoms with Gasteiger partial charge in [0.05, 0.1) is 18.2 Å². The normalized spacial score (nSPS) is 35.1. The van der Waals surface area contributed by atoms with E-state index in [-0.39, 0.29) is 12.1 Å². The molecule has 0 amide bonds. The minimum atomic E-state index is 0.191. The smallest absolute Gasteiger partial charge is 0.0601 e. The largest absolute Gasteiger partial charge is 0.375 e. The topological polar surface area (TPSA) is 47.3 Å². The maximum atomic E-state index is 5.91. The lowest BCUT2D eigenvalue weighted by molar-refractivity contribution is 0.0475. The van der Waals surface area contributed by atoms with Crippen molar-refractivity contribution >= 4 is 11.3 Å². The van der Waals surface area contributed by atoms with E-state index >= 15 is 0 Å². The molecule has 1 aromatic heterocycles. The highest BCUT2D eigenvalue weighted by molar-refractivity contribution is 7.10. The third-order valence-electron chi connectivity index (χ3n) is 4.12. The molecule has 0 spiro atoms. The Labute approximate surface area is 107 Å². The second kappa shape index (κ2) is 5.06. The maximum Gasteiger partial charge on any atom is 0.0601 e. The lowest BCUT2D eigenvalue weighted by Crippen LogP contribution is -2.38. The van der Waals surface area contributed by atoms with Crippen molar-refractivity contribution < 1.29 is 4.74 Å². The first-order chi connectivity index (χ1) is 8.06. The van der Waals surface area contributed by atoms with Gasteiger partial charge in [0.15, 0.2) is 0 Å². The Morgan fingerprint density at radius 3 is 2.47 bits per heavy atom. The summed E-state index contributed by atoms with van der Waals surface area (Å²) in [5.74, 6) is 6.73. The van der Waals surface area contributed by atoms with Crippen LogP contribution in [0.2, 0.25) is 0 Å². The zero-order valence-electron chi connectivity index (χ0n) is 10.9. The summed E-state index contributed by atoms with van der Waals surface area (Å²) in [6.45, 7) is 8.70. The molecule has 0 saturated carbocycles. The van der Waals surface area contributed by atoms with Gasteiger partial charge in [-0.25, -0.2) is 0 Å². The maximum absolute atomic E-state index is 5.91. The summed E-state index contributed by atoms with van der Waals surface area (Å²) in [6.07, 6.45) is 0.560. The fraction of sp³-hybridized carbons (Fsp3) is 0.692. The first-order valence-electron chi connectivity index (χ1n) is 6.21. The van der Waals surface area contributed by atoms with Gasteiger partial charge in [-0.1, -0.05) is 6.92 Å². The van der Waals surface area contributed by atoms with Gasteiger partial charge in [0, 0.05) is 10.8 Å². The van der Waals surface area contributed by atoms with E-state index in [1.807, 2.05) is 0 Å². The third-order valence-corrected chi connectivity index (χ3v) is 4.98. The fourth-order valence-electron chi connectivity index (χ4n) is 2.99. The standard InChI is InChI=1S/C13H22N2OS/c1-7-8(2)16-9(3)12(7)13(15-14)11-5-6-17-10(11)4/h5-9,12-13,15H,14H2,1-4H3. The summed E-state index contributed by atoms with van der Waals surface area (Å²) in [5, 5.41) is 2.13. The molecule has 0 aromatic carbocycles. The van der Waals surface area contributed by atoms with Crippen molar-refractivity contribution in [2.75, 3.05) is 0 Å². The average Bonchev–Trinajstić information content (AvgIpc) is 2.79. The monoisotopic (exact) mass is 254 g/mol. The highest BCUT2D eigenvalue weighted by atomic mass is 32.1. The molecule has 1 aliphatic rings. The molecule has 5 unspecified atom stereocenters. The van der Waals surface area contributed by atoms with E-state index < -0.39 is 0 Å². The van der Waals surface area contributed by atoms with Crippen LogP contribution in [0.1, 0.15) is 37.3 Å². The van der Waals surface area contributed by atoms with Crippen LogP contribution in [-0.2, 0) is 4.74 Å². The van der Waals surface area contributed by atoms with Crippen molar-refractivity contribution in [1.29, 1.82) is 0 Å². The van der Waals surface area contributed by atoms with Gasteiger partial charge < -0.3 is 4.74 Å². The molecule has 0 bridgehead atoms. The minimum absolute atomic E-state index is 0.191. The number of nitrogens with two attached hydrogens (primary N) is 1. The molecular weight excluding hydrogens is 232 g/mol. The number of rotatable bonds is 3. The van der Waals surface area contributed by atoms with E-state index in [1.165, 1.54) is 10.4 Å². The fourth-order valence-corrected chi connectivity index (χ4v) is 3.74. The number of ether oxygens (including phenoxy) is 1. The number of hydrazine groups is 1. The lowest BCUT2D eigenvalue weighted by atomic mass is 9.81. The van der Waals surface area contributed by atoms with Gasteiger partial charge in [0.25, 0.3) is 0 Å². The highest BCUT2D eigenvalue weighted by Gasteiger charge is 2.42. The molecule has 1 saturated heterocycles. The molecule has 0 radical (unpaired) electrons. The van der Waals surface area contributed by atoms with Gasteiger partial charge in [0.1, 0.15) is 0 Å². The van der Waals surface area contributed by atoms with Gasteiger partial charge >= 0.3 is 0 Å². The van der Waals surface area contributed by atoms with Crippen molar-refractivity contribution in [3.8, 4) is 0 Å². The van der Waals surface area contributed by atoms with Crippen LogP contribution < -0.4 is 11.3 Å². The number of aryl methyl sites for hydroxylation is 1. The predicted molar refractivity (Wildman–Crippen MR) is 71.8 cm³/mol. The molecule has 5 atom stereocenters. The second-order valence-corrected chi connectivity index (χ2v) is 6.18. The molecule has 4 heteroatoms. The van der Waals surface area contributed by atoms with Crippen LogP contribution in [-0.4, -0.2) is 12.2 Å². The Balaban J connectivity index is 2.27. The Bertz CT molecular complexity index is 379. The van der Waals surface area contributed by atoms with Gasteiger partial charge in [0.2, 0.25) is 0 Å². The molecule has 2 heterocycles. The number of hydrogen-bond donors (Lipinski definition) is 2. The van der Waals surface area contributed by atoms with E-state index in [0.29, 0.717) is 17.9 Å². The molecule has 1 aliphatic heterocycles. The first kappa shape index (κ1) is 13.0.